The zero-order valence-corrected chi connectivity index (χ0v) is 12.2. The molecule has 6 heteroatoms. The largest absolute Gasteiger partial charge is 0.336 e. The van der Waals surface area contributed by atoms with Crippen LogP contribution >= 0.6 is 39.9 Å². The summed E-state index contributed by atoms with van der Waals surface area (Å²) in [5.74, 6) is 0.00722. The maximum absolute atomic E-state index is 12.2. The van der Waals surface area contributed by atoms with Crippen molar-refractivity contribution >= 4 is 45.8 Å². The van der Waals surface area contributed by atoms with Crippen molar-refractivity contribution in [2.75, 3.05) is 26.2 Å². The average molecular weight is 340 g/mol. The Balaban J connectivity index is 0.00000144. The van der Waals surface area contributed by atoms with Gasteiger partial charge in [0.1, 0.15) is 0 Å². The summed E-state index contributed by atoms with van der Waals surface area (Å²) >= 11 is 9.37. The van der Waals surface area contributed by atoms with Crippen molar-refractivity contribution in [2.24, 2.45) is 0 Å². The van der Waals surface area contributed by atoms with Crippen LogP contribution in [0.5, 0.6) is 0 Å². The summed E-state index contributed by atoms with van der Waals surface area (Å²) in [6, 6.07) is 5.34. The third-order valence-corrected chi connectivity index (χ3v) is 3.39. The van der Waals surface area contributed by atoms with Gasteiger partial charge in [0.15, 0.2) is 0 Å². The molecule has 0 aromatic heterocycles. The highest BCUT2D eigenvalue weighted by Gasteiger charge is 2.20. The molecule has 94 valence electrons. The van der Waals surface area contributed by atoms with Crippen LogP contribution in [-0.2, 0) is 0 Å². The van der Waals surface area contributed by atoms with Gasteiger partial charge in [0.25, 0.3) is 5.91 Å². The van der Waals surface area contributed by atoms with Gasteiger partial charge in [0.05, 0.1) is 10.6 Å². The van der Waals surface area contributed by atoms with Crippen LogP contribution in [0.15, 0.2) is 22.7 Å². The van der Waals surface area contributed by atoms with E-state index >= 15 is 0 Å². The van der Waals surface area contributed by atoms with Crippen LogP contribution in [0.25, 0.3) is 0 Å². The van der Waals surface area contributed by atoms with Crippen LogP contribution in [0.3, 0.4) is 0 Å². The molecule has 0 radical (unpaired) electrons. The van der Waals surface area contributed by atoms with Crippen molar-refractivity contribution < 1.29 is 4.79 Å². The molecule has 3 nitrogen and oxygen atoms in total. The Morgan fingerprint density at radius 3 is 2.65 bits per heavy atom. The Hall–Kier alpha value is -0.290. The zero-order chi connectivity index (χ0) is 11.5. The Morgan fingerprint density at radius 1 is 1.35 bits per heavy atom. The van der Waals surface area contributed by atoms with E-state index in [9.17, 15) is 4.79 Å². The van der Waals surface area contributed by atoms with E-state index in [-0.39, 0.29) is 18.3 Å². The van der Waals surface area contributed by atoms with E-state index in [4.69, 9.17) is 11.6 Å². The number of nitrogens with one attached hydrogen (secondary N) is 1. The van der Waals surface area contributed by atoms with Gasteiger partial charge in [-0.25, -0.2) is 0 Å². The fourth-order valence-electron chi connectivity index (χ4n) is 1.70. The van der Waals surface area contributed by atoms with E-state index in [0.717, 1.165) is 30.7 Å². The number of hydrogen-bond donors (Lipinski definition) is 1. The van der Waals surface area contributed by atoms with Crippen LogP contribution in [-0.4, -0.2) is 37.0 Å². The first-order chi connectivity index (χ1) is 7.68. The van der Waals surface area contributed by atoms with Crippen molar-refractivity contribution in [1.82, 2.24) is 10.2 Å². The van der Waals surface area contributed by atoms with Crippen molar-refractivity contribution in [3.8, 4) is 0 Å². The average Bonchev–Trinajstić information content (AvgIpc) is 2.32. The number of carbonyl (C=O) groups is 1. The molecule has 17 heavy (non-hydrogen) atoms. The molecule has 1 aliphatic rings. The second-order valence-corrected chi connectivity index (χ2v) is 4.99. The summed E-state index contributed by atoms with van der Waals surface area (Å²) in [6.07, 6.45) is 0. The predicted octanol–water partition coefficient (Wildman–Crippen LogP) is 2.57. The standard InChI is InChI=1S/C11H12BrClN2O.ClH/c12-8-1-2-10(13)9(7-8)11(16)15-5-3-14-4-6-15;/h1-2,7,14H,3-6H2;1H. The molecule has 1 N–H and O–H groups in total. The van der Waals surface area contributed by atoms with E-state index in [1.165, 1.54) is 0 Å². The second kappa shape index (κ2) is 6.59. The van der Waals surface area contributed by atoms with Crippen LogP contribution in [0, 0.1) is 0 Å². The summed E-state index contributed by atoms with van der Waals surface area (Å²) < 4.78 is 0.871. The van der Waals surface area contributed by atoms with Crippen LogP contribution in [0.1, 0.15) is 10.4 Å². The number of nitrogens with zero attached hydrogens (tertiary/aromatic N) is 1. The molecular weight excluding hydrogens is 327 g/mol. The Bertz CT molecular complexity index is 408. The summed E-state index contributed by atoms with van der Waals surface area (Å²) in [7, 11) is 0. The number of rotatable bonds is 1. The topological polar surface area (TPSA) is 32.3 Å². The van der Waals surface area contributed by atoms with E-state index in [0.29, 0.717) is 10.6 Å². The van der Waals surface area contributed by atoms with Crippen molar-refractivity contribution in [3.05, 3.63) is 33.3 Å². The van der Waals surface area contributed by atoms with Crippen LogP contribution < -0.4 is 5.32 Å². The molecule has 1 amide bonds. The highest BCUT2D eigenvalue weighted by Crippen LogP contribution is 2.22. The van der Waals surface area contributed by atoms with Crippen molar-refractivity contribution in [1.29, 1.82) is 0 Å². The first-order valence-corrected chi connectivity index (χ1v) is 6.30. The normalized spacial score (nSPS) is 15.3. The molecule has 1 aliphatic heterocycles. The SMILES string of the molecule is Cl.O=C(c1cc(Br)ccc1Cl)N1CCNCC1. The lowest BCUT2D eigenvalue weighted by Gasteiger charge is -2.27. The lowest BCUT2D eigenvalue weighted by Crippen LogP contribution is -2.46. The van der Waals surface area contributed by atoms with Gasteiger partial charge >= 0.3 is 0 Å². The number of piperazine rings is 1. The Kier molecular flexibility index (Phi) is 5.73. The highest BCUT2D eigenvalue weighted by molar-refractivity contribution is 9.10. The minimum atomic E-state index is 0. The Labute approximate surface area is 120 Å². The fourth-order valence-corrected chi connectivity index (χ4v) is 2.26. The lowest BCUT2D eigenvalue weighted by molar-refractivity contribution is 0.0736. The van der Waals surface area contributed by atoms with Gasteiger partial charge in [-0.3, -0.25) is 4.79 Å². The number of amides is 1. The lowest BCUT2D eigenvalue weighted by atomic mass is 10.2. The van der Waals surface area contributed by atoms with Gasteiger partial charge in [-0.05, 0) is 18.2 Å². The van der Waals surface area contributed by atoms with Gasteiger partial charge < -0.3 is 10.2 Å². The molecule has 1 aromatic rings. The molecule has 1 fully saturated rings. The zero-order valence-electron chi connectivity index (χ0n) is 9.08. The molecule has 2 rings (SSSR count). The highest BCUT2D eigenvalue weighted by atomic mass is 79.9. The van der Waals surface area contributed by atoms with Gasteiger partial charge in [-0.2, -0.15) is 0 Å². The van der Waals surface area contributed by atoms with Crippen LogP contribution in [0.2, 0.25) is 5.02 Å². The second-order valence-electron chi connectivity index (χ2n) is 3.67. The molecule has 0 spiro atoms. The van der Waals surface area contributed by atoms with Crippen molar-refractivity contribution in [2.45, 2.75) is 0 Å². The number of benzene rings is 1. The van der Waals surface area contributed by atoms with Crippen LogP contribution in [0.4, 0.5) is 0 Å². The summed E-state index contributed by atoms with van der Waals surface area (Å²) in [4.78, 5) is 14.0. The summed E-state index contributed by atoms with van der Waals surface area (Å²) in [5, 5.41) is 3.72. The van der Waals surface area contributed by atoms with Gasteiger partial charge in [-0.15, -0.1) is 12.4 Å². The number of halogens is 3. The van der Waals surface area contributed by atoms with Gasteiger partial charge in [-0.1, -0.05) is 27.5 Å². The third kappa shape index (κ3) is 3.58. The molecule has 0 atom stereocenters. The first-order valence-electron chi connectivity index (χ1n) is 5.13. The maximum atomic E-state index is 12.2. The molecule has 1 saturated heterocycles. The van der Waals surface area contributed by atoms with Gasteiger partial charge in [0.2, 0.25) is 0 Å². The Morgan fingerprint density at radius 2 is 2.00 bits per heavy atom. The molecular formula is C11H13BrCl2N2O. The number of carbonyl (C=O) groups excluding carboxylic acids is 1. The van der Waals surface area contributed by atoms with Gasteiger partial charge in [0, 0.05) is 30.7 Å². The molecule has 1 aromatic carbocycles. The molecule has 0 bridgehead atoms. The third-order valence-electron chi connectivity index (χ3n) is 2.56. The summed E-state index contributed by atoms with van der Waals surface area (Å²) in [5.41, 5.74) is 0.568. The molecule has 1 heterocycles. The fraction of sp³-hybridized carbons (Fsp3) is 0.364. The predicted molar refractivity (Wildman–Crippen MR) is 75.2 cm³/mol. The first kappa shape index (κ1) is 14.8. The minimum absolute atomic E-state index is 0. The number of hydrogen-bond acceptors (Lipinski definition) is 2. The molecule has 0 unspecified atom stereocenters. The van der Waals surface area contributed by atoms with Crippen molar-refractivity contribution in [3.63, 3.8) is 0 Å². The van der Waals surface area contributed by atoms with E-state index in [2.05, 4.69) is 21.2 Å². The maximum Gasteiger partial charge on any atom is 0.255 e. The smallest absolute Gasteiger partial charge is 0.255 e. The molecule has 0 saturated carbocycles. The van der Waals surface area contributed by atoms with E-state index in [1.54, 1.807) is 12.1 Å². The molecule has 0 aliphatic carbocycles. The van der Waals surface area contributed by atoms with E-state index in [1.807, 2.05) is 11.0 Å². The quantitative estimate of drug-likeness (QED) is 0.852. The minimum Gasteiger partial charge on any atom is -0.336 e. The van der Waals surface area contributed by atoms with E-state index < -0.39 is 0 Å². The summed E-state index contributed by atoms with van der Waals surface area (Å²) in [6.45, 7) is 3.16. The monoisotopic (exact) mass is 338 g/mol.